The summed E-state index contributed by atoms with van der Waals surface area (Å²) in [6.45, 7) is 0. The third-order valence-electron chi connectivity index (χ3n) is 11.1. The Bertz CT molecular complexity index is 3210. The smallest absolute Gasteiger partial charge is 0.0971 e. The molecule has 3 nitrogen and oxygen atoms in total. The van der Waals surface area contributed by atoms with Gasteiger partial charge < -0.3 is 4.57 Å². The maximum Gasteiger partial charge on any atom is 0.0971 e. The molecule has 0 aliphatic carbocycles. The second kappa shape index (κ2) is 12.6. The van der Waals surface area contributed by atoms with Gasteiger partial charge in [0.05, 0.1) is 22.1 Å². The Kier molecular flexibility index (Phi) is 7.17. The van der Waals surface area contributed by atoms with Gasteiger partial charge in [-0.3, -0.25) is 9.97 Å². The van der Waals surface area contributed by atoms with Crippen molar-refractivity contribution in [3.63, 3.8) is 0 Å². The van der Waals surface area contributed by atoms with Crippen LogP contribution >= 0.6 is 0 Å². The molecule has 0 saturated heterocycles. The van der Waals surface area contributed by atoms with Crippen LogP contribution in [0.2, 0.25) is 0 Å². The molecular formula is C52H33N3. The van der Waals surface area contributed by atoms with Gasteiger partial charge >= 0.3 is 0 Å². The highest BCUT2D eigenvalue weighted by molar-refractivity contribution is 6.23. The monoisotopic (exact) mass is 699 g/mol. The van der Waals surface area contributed by atoms with E-state index < -0.39 is 0 Å². The summed E-state index contributed by atoms with van der Waals surface area (Å²) >= 11 is 0. The average molecular weight is 700 g/mol. The predicted octanol–water partition coefficient (Wildman–Crippen LogP) is 13.7. The zero-order valence-corrected chi connectivity index (χ0v) is 29.9. The van der Waals surface area contributed by atoms with E-state index in [0.717, 1.165) is 21.8 Å². The van der Waals surface area contributed by atoms with E-state index in [1.807, 2.05) is 0 Å². The van der Waals surface area contributed by atoms with Crippen molar-refractivity contribution in [2.45, 2.75) is 0 Å². The maximum atomic E-state index is 4.72. The lowest BCUT2D eigenvalue weighted by Gasteiger charge is -2.11. The number of aromatic nitrogens is 3. The van der Waals surface area contributed by atoms with Crippen molar-refractivity contribution in [3.8, 4) is 50.2 Å². The zero-order chi connectivity index (χ0) is 36.3. The van der Waals surface area contributed by atoms with Gasteiger partial charge in [-0.15, -0.1) is 0 Å². The molecule has 0 radical (unpaired) electrons. The maximum absolute atomic E-state index is 4.72. The quantitative estimate of drug-likeness (QED) is 0.167. The molecule has 0 unspecified atom stereocenters. The Morgan fingerprint density at radius 2 is 0.727 bits per heavy atom. The summed E-state index contributed by atoms with van der Waals surface area (Å²) in [6.07, 6.45) is 3.55. The Morgan fingerprint density at radius 3 is 1.40 bits per heavy atom. The number of para-hydroxylation sites is 2. The summed E-state index contributed by atoms with van der Waals surface area (Å²) in [6, 6.07) is 68.1. The summed E-state index contributed by atoms with van der Waals surface area (Å²) in [5.74, 6) is 0. The minimum absolute atomic E-state index is 0.941. The Morgan fingerprint density at radius 1 is 0.273 bits per heavy atom. The molecule has 0 aliphatic heterocycles. The lowest BCUT2D eigenvalue weighted by Crippen LogP contribution is -1.92. The average Bonchev–Trinajstić information content (AvgIpc) is 3.60. The van der Waals surface area contributed by atoms with Crippen LogP contribution in [0, 0.1) is 0 Å². The van der Waals surface area contributed by atoms with Gasteiger partial charge in [0.1, 0.15) is 0 Å². The number of hydrogen-bond acceptors (Lipinski definition) is 2. The van der Waals surface area contributed by atoms with Crippen molar-refractivity contribution in [2.24, 2.45) is 0 Å². The summed E-state index contributed by atoms with van der Waals surface area (Å²) in [7, 11) is 0. The first-order chi connectivity index (χ1) is 27.3. The number of nitrogens with zero attached hydrogens (tertiary/aromatic N) is 3. The molecule has 0 atom stereocenters. The van der Waals surface area contributed by atoms with Gasteiger partial charge in [-0.05, 0) is 104 Å². The summed E-state index contributed by atoms with van der Waals surface area (Å²) in [5.41, 5.74) is 15.0. The van der Waals surface area contributed by atoms with Crippen LogP contribution in [0.1, 0.15) is 0 Å². The second-order valence-electron chi connectivity index (χ2n) is 14.2. The van der Waals surface area contributed by atoms with Crippen molar-refractivity contribution in [1.82, 2.24) is 14.5 Å². The normalized spacial score (nSPS) is 11.6. The van der Waals surface area contributed by atoms with Gasteiger partial charge in [0.25, 0.3) is 0 Å². The van der Waals surface area contributed by atoms with Crippen LogP contribution in [0.5, 0.6) is 0 Å². The van der Waals surface area contributed by atoms with E-state index in [2.05, 4.69) is 198 Å². The SMILES string of the molecule is c1ccc(-n2c3ccccc3c3cc(-c4cccc(-c5cccc(-c6ccc(-c7ccc8c(c7)c7ccccc7c7nccnc87)cc6)c5)c4)ccc32)cc1. The second-order valence-corrected chi connectivity index (χ2v) is 14.2. The van der Waals surface area contributed by atoms with Gasteiger partial charge in [0.15, 0.2) is 0 Å². The largest absolute Gasteiger partial charge is 0.309 e. The first kappa shape index (κ1) is 31.2. The minimum Gasteiger partial charge on any atom is -0.309 e. The minimum atomic E-state index is 0.941. The fraction of sp³-hybridized carbons (Fsp3) is 0. The summed E-state index contributed by atoms with van der Waals surface area (Å²) in [5, 5.41) is 7.16. The van der Waals surface area contributed by atoms with Crippen LogP contribution in [0.3, 0.4) is 0 Å². The van der Waals surface area contributed by atoms with Crippen LogP contribution < -0.4 is 0 Å². The standard InChI is InChI=1S/C52H33N3/c1-2-14-42(15-3-1)55-49-19-7-6-17-44(49)48-33-41(25-27-50(48)55)39-13-9-12-38(31-39)37-11-8-10-36(30-37)34-20-22-35(23-21-34)40-24-26-46-47(32-40)43-16-4-5-18-45(43)51-52(46)54-29-28-53-51/h1-33H. The number of hydrogen-bond donors (Lipinski definition) is 0. The van der Waals surface area contributed by atoms with E-state index in [1.165, 1.54) is 82.8 Å². The van der Waals surface area contributed by atoms with E-state index in [0.29, 0.717) is 0 Å². The highest BCUT2D eigenvalue weighted by atomic mass is 15.0. The van der Waals surface area contributed by atoms with E-state index in [1.54, 1.807) is 12.4 Å². The highest BCUT2D eigenvalue weighted by Gasteiger charge is 2.14. The third kappa shape index (κ3) is 5.20. The van der Waals surface area contributed by atoms with Gasteiger partial charge in [0, 0.05) is 39.6 Å². The third-order valence-corrected chi connectivity index (χ3v) is 11.1. The molecule has 11 rings (SSSR count). The Hall–Kier alpha value is -7.36. The number of benzene rings is 9. The topological polar surface area (TPSA) is 30.7 Å². The molecule has 11 aromatic rings. The van der Waals surface area contributed by atoms with Gasteiger partial charge in [0.2, 0.25) is 0 Å². The number of rotatable bonds is 5. The summed E-state index contributed by atoms with van der Waals surface area (Å²) < 4.78 is 2.36. The first-order valence-corrected chi connectivity index (χ1v) is 18.7. The molecule has 0 saturated carbocycles. The lowest BCUT2D eigenvalue weighted by atomic mass is 9.93. The molecule has 0 bridgehead atoms. The van der Waals surface area contributed by atoms with E-state index in [9.17, 15) is 0 Å². The Labute approximate surface area is 318 Å². The molecule has 3 heteroatoms. The molecule has 2 aromatic heterocycles. The fourth-order valence-electron chi connectivity index (χ4n) is 8.43. The van der Waals surface area contributed by atoms with Crippen LogP contribution in [-0.4, -0.2) is 14.5 Å². The van der Waals surface area contributed by atoms with Crippen molar-refractivity contribution in [2.75, 3.05) is 0 Å². The Balaban J connectivity index is 0.922. The molecule has 2 heterocycles. The van der Waals surface area contributed by atoms with Crippen molar-refractivity contribution < 1.29 is 0 Å². The van der Waals surface area contributed by atoms with E-state index in [4.69, 9.17) is 4.98 Å². The molecule has 0 fully saturated rings. The molecule has 9 aromatic carbocycles. The predicted molar refractivity (Wildman–Crippen MR) is 231 cm³/mol. The van der Waals surface area contributed by atoms with Crippen molar-refractivity contribution >= 4 is 54.4 Å². The molecule has 55 heavy (non-hydrogen) atoms. The highest BCUT2D eigenvalue weighted by Crippen LogP contribution is 2.38. The van der Waals surface area contributed by atoms with Gasteiger partial charge in [-0.2, -0.15) is 0 Å². The molecule has 0 aliphatic rings. The van der Waals surface area contributed by atoms with E-state index in [-0.39, 0.29) is 0 Å². The molecule has 0 N–H and O–H groups in total. The van der Waals surface area contributed by atoms with Crippen LogP contribution in [0.25, 0.3) is 105 Å². The number of fused-ring (bicyclic) bond motifs is 9. The van der Waals surface area contributed by atoms with Crippen LogP contribution in [0.15, 0.2) is 200 Å². The first-order valence-electron chi connectivity index (χ1n) is 18.7. The van der Waals surface area contributed by atoms with Crippen molar-refractivity contribution in [3.05, 3.63) is 200 Å². The fourth-order valence-corrected chi connectivity index (χ4v) is 8.43. The molecule has 0 amide bonds. The zero-order valence-electron chi connectivity index (χ0n) is 29.9. The van der Waals surface area contributed by atoms with Crippen LogP contribution in [-0.2, 0) is 0 Å². The van der Waals surface area contributed by atoms with Crippen molar-refractivity contribution in [1.29, 1.82) is 0 Å². The molecule has 0 spiro atoms. The lowest BCUT2D eigenvalue weighted by molar-refractivity contribution is 1.18. The van der Waals surface area contributed by atoms with Crippen LogP contribution in [0.4, 0.5) is 0 Å². The van der Waals surface area contributed by atoms with Gasteiger partial charge in [-0.1, -0.05) is 140 Å². The molecular weight excluding hydrogens is 667 g/mol. The summed E-state index contributed by atoms with van der Waals surface area (Å²) in [4.78, 5) is 9.41. The molecule has 256 valence electrons. The van der Waals surface area contributed by atoms with E-state index >= 15 is 0 Å². The van der Waals surface area contributed by atoms with Gasteiger partial charge in [-0.25, -0.2) is 0 Å².